The maximum absolute atomic E-state index is 9.10. The van der Waals surface area contributed by atoms with Crippen LogP contribution in [-0.2, 0) is 20.9 Å². The third-order valence-corrected chi connectivity index (χ3v) is 5.00. The van der Waals surface area contributed by atoms with Crippen LogP contribution in [0, 0.1) is 0 Å². The van der Waals surface area contributed by atoms with Gasteiger partial charge in [-0.05, 0) is 30.6 Å². The van der Waals surface area contributed by atoms with Gasteiger partial charge in [0.05, 0.1) is 6.10 Å². The molecule has 3 rings (SSSR count). The van der Waals surface area contributed by atoms with Crippen molar-refractivity contribution in [3.8, 4) is 0 Å². The van der Waals surface area contributed by atoms with Crippen molar-refractivity contribution in [1.82, 2.24) is 15.1 Å². The lowest BCUT2D eigenvalue weighted by Crippen LogP contribution is -2.52. The largest absolute Gasteiger partial charge is 0.473 e. The summed E-state index contributed by atoms with van der Waals surface area (Å²) in [6, 6.07) is 10.7. The van der Waals surface area contributed by atoms with Gasteiger partial charge in [0.25, 0.3) is 0 Å². The van der Waals surface area contributed by atoms with Gasteiger partial charge in [-0.3, -0.25) is 4.90 Å². The van der Waals surface area contributed by atoms with Crippen LogP contribution in [0.4, 0.5) is 0 Å². The molecule has 0 amide bonds. The van der Waals surface area contributed by atoms with E-state index in [1.54, 1.807) is 0 Å². The van der Waals surface area contributed by atoms with Crippen molar-refractivity contribution in [1.29, 1.82) is 0 Å². The molecule has 0 aromatic heterocycles. The van der Waals surface area contributed by atoms with Crippen molar-refractivity contribution in [2.75, 3.05) is 39.3 Å². The molecular formula is C19H27N3O5S. The van der Waals surface area contributed by atoms with Crippen LogP contribution in [0.3, 0.4) is 0 Å². The molecule has 1 aromatic carbocycles. The fourth-order valence-electron chi connectivity index (χ4n) is 3.07. The Morgan fingerprint density at radius 2 is 1.75 bits per heavy atom. The van der Waals surface area contributed by atoms with Crippen molar-refractivity contribution >= 4 is 29.3 Å². The first-order chi connectivity index (χ1) is 13.5. The van der Waals surface area contributed by atoms with E-state index < -0.39 is 11.9 Å². The van der Waals surface area contributed by atoms with Crippen molar-refractivity contribution in [3.63, 3.8) is 0 Å². The molecule has 2 aliphatic heterocycles. The minimum Gasteiger partial charge on any atom is -0.473 e. The smallest absolute Gasteiger partial charge is 0.414 e. The van der Waals surface area contributed by atoms with Crippen LogP contribution in [0.2, 0.25) is 0 Å². The lowest BCUT2D eigenvalue weighted by molar-refractivity contribution is -0.159. The number of rotatable bonds is 4. The molecule has 2 heterocycles. The average molecular weight is 410 g/mol. The van der Waals surface area contributed by atoms with Crippen LogP contribution in [0.1, 0.15) is 18.4 Å². The van der Waals surface area contributed by atoms with Crippen LogP contribution in [0.5, 0.6) is 0 Å². The molecule has 28 heavy (non-hydrogen) atoms. The zero-order valence-corrected chi connectivity index (χ0v) is 16.6. The number of thiocarbonyl (C=S) groups is 1. The Morgan fingerprint density at radius 1 is 1.11 bits per heavy atom. The van der Waals surface area contributed by atoms with Crippen LogP contribution in [0.25, 0.3) is 0 Å². The van der Waals surface area contributed by atoms with Gasteiger partial charge in [-0.2, -0.15) is 0 Å². The average Bonchev–Trinajstić information content (AvgIpc) is 3.21. The summed E-state index contributed by atoms with van der Waals surface area (Å²) in [4.78, 5) is 23.0. The first kappa shape index (κ1) is 22.1. The molecule has 154 valence electrons. The highest BCUT2D eigenvalue weighted by Crippen LogP contribution is 2.11. The van der Waals surface area contributed by atoms with E-state index in [2.05, 4.69) is 45.4 Å². The van der Waals surface area contributed by atoms with E-state index >= 15 is 0 Å². The molecule has 0 spiro atoms. The molecule has 1 unspecified atom stereocenters. The minimum atomic E-state index is -1.82. The monoisotopic (exact) mass is 409 g/mol. The second-order valence-electron chi connectivity index (χ2n) is 6.68. The van der Waals surface area contributed by atoms with E-state index in [-0.39, 0.29) is 0 Å². The lowest BCUT2D eigenvalue weighted by Gasteiger charge is -2.36. The fourth-order valence-corrected chi connectivity index (χ4v) is 3.33. The Bertz CT molecular complexity index is 632. The van der Waals surface area contributed by atoms with Crippen molar-refractivity contribution in [3.05, 3.63) is 35.9 Å². The predicted molar refractivity (Wildman–Crippen MR) is 108 cm³/mol. The SMILES string of the molecule is O=C(O)C(=O)O.S=C(NCC1CCCO1)N1CCN(Cc2ccccc2)CC1. The number of aliphatic carboxylic acids is 2. The van der Waals surface area contributed by atoms with E-state index in [9.17, 15) is 0 Å². The molecule has 8 nitrogen and oxygen atoms in total. The zero-order chi connectivity index (χ0) is 20.4. The number of nitrogens with one attached hydrogen (secondary N) is 1. The Hall–Kier alpha value is -2.23. The minimum absolute atomic E-state index is 0.345. The molecule has 3 N–H and O–H groups in total. The topological polar surface area (TPSA) is 102 Å². The summed E-state index contributed by atoms with van der Waals surface area (Å²) in [6.45, 7) is 6.92. The number of hydrogen-bond donors (Lipinski definition) is 3. The first-order valence-corrected chi connectivity index (χ1v) is 9.73. The Labute approximate surface area is 170 Å². The van der Waals surface area contributed by atoms with Crippen molar-refractivity contribution in [2.45, 2.75) is 25.5 Å². The van der Waals surface area contributed by atoms with Gasteiger partial charge in [0, 0.05) is 45.9 Å². The van der Waals surface area contributed by atoms with Gasteiger partial charge in [0.1, 0.15) is 0 Å². The normalized spacial score (nSPS) is 19.4. The molecule has 2 aliphatic rings. The van der Waals surface area contributed by atoms with Crippen molar-refractivity contribution < 1.29 is 24.5 Å². The van der Waals surface area contributed by atoms with Gasteiger partial charge in [0.2, 0.25) is 0 Å². The number of carboxylic acids is 2. The van der Waals surface area contributed by atoms with E-state index in [0.29, 0.717) is 6.10 Å². The number of carbonyl (C=O) groups is 2. The number of carboxylic acid groups (broad SMARTS) is 2. The van der Waals surface area contributed by atoms with Gasteiger partial charge in [-0.25, -0.2) is 9.59 Å². The highest BCUT2D eigenvalue weighted by Gasteiger charge is 2.20. The third-order valence-electron chi connectivity index (χ3n) is 4.60. The van der Waals surface area contributed by atoms with E-state index in [1.807, 2.05) is 0 Å². The molecule has 1 atom stereocenters. The molecular weight excluding hydrogens is 382 g/mol. The summed E-state index contributed by atoms with van der Waals surface area (Å²) in [5.41, 5.74) is 1.38. The van der Waals surface area contributed by atoms with E-state index in [4.69, 9.17) is 36.8 Å². The van der Waals surface area contributed by atoms with Gasteiger partial charge >= 0.3 is 11.9 Å². The Balaban J connectivity index is 0.000000409. The number of benzene rings is 1. The third kappa shape index (κ3) is 7.79. The van der Waals surface area contributed by atoms with Gasteiger partial charge in [0.15, 0.2) is 5.11 Å². The quantitative estimate of drug-likeness (QED) is 0.497. The highest BCUT2D eigenvalue weighted by molar-refractivity contribution is 7.80. The van der Waals surface area contributed by atoms with Crippen LogP contribution in [0.15, 0.2) is 30.3 Å². The Morgan fingerprint density at radius 3 is 2.29 bits per heavy atom. The summed E-state index contributed by atoms with van der Waals surface area (Å²) in [5, 5.41) is 19.0. The summed E-state index contributed by atoms with van der Waals surface area (Å²) in [7, 11) is 0. The molecule has 1 aromatic rings. The summed E-state index contributed by atoms with van der Waals surface area (Å²) in [6.07, 6.45) is 2.68. The fraction of sp³-hybridized carbons (Fsp3) is 0.526. The number of ether oxygens (including phenoxy) is 1. The maximum Gasteiger partial charge on any atom is 0.414 e. The maximum atomic E-state index is 9.10. The second-order valence-corrected chi connectivity index (χ2v) is 7.07. The lowest BCUT2D eigenvalue weighted by atomic mass is 10.2. The van der Waals surface area contributed by atoms with Gasteiger partial charge in [-0.15, -0.1) is 0 Å². The summed E-state index contributed by atoms with van der Waals surface area (Å²) in [5.74, 6) is -3.65. The van der Waals surface area contributed by atoms with Crippen LogP contribution >= 0.6 is 12.2 Å². The first-order valence-electron chi connectivity index (χ1n) is 9.32. The summed E-state index contributed by atoms with van der Waals surface area (Å²) < 4.78 is 5.63. The second kappa shape index (κ2) is 11.6. The van der Waals surface area contributed by atoms with Gasteiger partial charge < -0.3 is 25.2 Å². The van der Waals surface area contributed by atoms with E-state index in [1.165, 1.54) is 12.0 Å². The predicted octanol–water partition coefficient (Wildman–Crippen LogP) is 1.01. The van der Waals surface area contributed by atoms with Crippen LogP contribution in [-0.4, -0.2) is 82.5 Å². The Kier molecular flexibility index (Phi) is 9.12. The van der Waals surface area contributed by atoms with Crippen LogP contribution < -0.4 is 5.32 Å². The summed E-state index contributed by atoms with van der Waals surface area (Å²) >= 11 is 5.52. The number of piperazine rings is 1. The molecule has 0 radical (unpaired) electrons. The molecule has 2 fully saturated rings. The molecule has 0 saturated carbocycles. The van der Waals surface area contributed by atoms with E-state index in [0.717, 1.165) is 57.4 Å². The molecule has 0 bridgehead atoms. The molecule has 0 aliphatic carbocycles. The number of hydrogen-bond acceptors (Lipinski definition) is 5. The standard InChI is InChI=1S/C17H25N3OS.C2H2O4/c22-17(18-13-16-7-4-12-21-16)20-10-8-19(9-11-20)14-15-5-2-1-3-6-15;3-1(4)2(5)6/h1-3,5-6,16H,4,7-14H2,(H,18,22);(H,3,4)(H,5,6). The highest BCUT2D eigenvalue weighted by atomic mass is 32.1. The van der Waals surface area contributed by atoms with Gasteiger partial charge in [-0.1, -0.05) is 30.3 Å². The molecule has 9 heteroatoms. The molecule has 2 saturated heterocycles. The van der Waals surface area contributed by atoms with Crippen molar-refractivity contribution in [2.24, 2.45) is 0 Å². The zero-order valence-electron chi connectivity index (χ0n) is 15.7. The number of nitrogens with zero attached hydrogens (tertiary/aromatic N) is 2.